The Morgan fingerprint density at radius 2 is 2.12 bits per heavy atom. The molecule has 1 atom stereocenters. The van der Waals surface area contributed by atoms with Gasteiger partial charge in [-0.05, 0) is 38.1 Å². The van der Waals surface area contributed by atoms with Gasteiger partial charge in [0.2, 0.25) is 0 Å². The number of piperidine rings is 1. The van der Waals surface area contributed by atoms with E-state index >= 15 is 0 Å². The zero-order chi connectivity index (χ0) is 12.9. The van der Waals surface area contributed by atoms with Gasteiger partial charge in [-0.2, -0.15) is 0 Å². The molecular formula is C14H27NO2. The first kappa shape index (κ1) is 14.5. The minimum atomic E-state index is -0.0351. The number of carbonyl (C=O) groups is 1. The number of ether oxygens (including phenoxy) is 1. The third-order valence-electron chi connectivity index (χ3n) is 3.49. The number of carbonyl (C=O) groups excluding carboxylic acids is 1. The van der Waals surface area contributed by atoms with Crippen LogP contribution in [-0.2, 0) is 9.53 Å². The Morgan fingerprint density at radius 1 is 1.41 bits per heavy atom. The lowest BCUT2D eigenvalue weighted by atomic mass is 9.83. The fourth-order valence-electron chi connectivity index (χ4n) is 2.70. The van der Waals surface area contributed by atoms with Crippen molar-refractivity contribution in [1.82, 2.24) is 4.90 Å². The summed E-state index contributed by atoms with van der Waals surface area (Å²) in [4.78, 5) is 14.3. The molecule has 1 heterocycles. The lowest BCUT2D eigenvalue weighted by Crippen LogP contribution is -2.49. The molecule has 3 heteroatoms. The van der Waals surface area contributed by atoms with Gasteiger partial charge >= 0.3 is 5.97 Å². The summed E-state index contributed by atoms with van der Waals surface area (Å²) in [5, 5.41) is 0. The molecule has 1 rings (SSSR count). The highest BCUT2D eigenvalue weighted by Crippen LogP contribution is 2.30. The summed E-state index contributed by atoms with van der Waals surface area (Å²) >= 11 is 0. The van der Waals surface area contributed by atoms with Crippen molar-refractivity contribution in [3.63, 3.8) is 0 Å². The maximum atomic E-state index is 12.0. The van der Waals surface area contributed by atoms with Gasteiger partial charge in [0.25, 0.3) is 0 Å². The number of nitrogens with zero attached hydrogens (tertiary/aromatic N) is 1. The lowest BCUT2D eigenvalue weighted by molar-refractivity contribution is -0.151. The van der Waals surface area contributed by atoms with Crippen LogP contribution in [0.1, 0.15) is 53.4 Å². The Bertz CT molecular complexity index is 251. The molecular weight excluding hydrogens is 214 g/mol. The third-order valence-corrected chi connectivity index (χ3v) is 3.49. The van der Waals surface area contributed by atoms with E-state index in [0.717, 1.165) is 25.9 Å². The number of likely N-dealkylation sites (tertiary alicyclic amines) is 1. The summed E-state index contributed by atoms with van der Waals surface area (Å²) in [5.41, 5.74) is 0.330. The molecule has 0 spiro atoms. The van der Waals surface area contributed by atoms with Gasteiger partial charge in [0.1, 0.15) is 6.04 Å². The first-order valence-corrected chi connectivity index (χ1v) is 6.91. The molecule has 0 aromatic carbocycles. The molecule has 0 N–H and O–H groups in total. The van der Waals surface area contributed by atoms with Crippen LogP contribution in [0.4, 0.5) is 0 Å². The van der Waals surface area contributed by atoms with E-state index in [0.29, 0.717) is 12.0 Å². The summed E-state index contributed by atoms with van der Waals surface area (Å²) in [6.45, 7) is 11.1. The number of rotatable bonds is 5. The molecule has 0 saturated carbocycles. The molecule has 0 aliphatic carbocycles. The van der Waals surface area contributed by atoms with Crippen LogP contribution in [0, 0.1) is 5.41 Å². The predicted octanol–water partition coefficient (Wildman–Crippen LogP) is 2.84. The molecule has 0 aromatic rings. The standard InChI is InChI=1S/C14H27NO2/c1-5-8-12(13(16)17-6-2)15-10-7-9-14(3,4)11-15/h12H,5-11H2,1-4H3. The normalized spacial score (nSPS) is 22.1. The first-order chi connectivity index (χ1) is 8.00. The second-order valence-electron chi connectivity index (χ2n) is 5.79. The molecule has 100 valence electrons. The zero-order valence-electron chi connectivity index (χ0n) is 11.8. The average Bonchev–Trinajstić information content (AvgIpc) is 2.24. The van der Waals surface area contributed by atoms with Crippen LogP contribution >= 0.6 is 0 Å². The van der Waals surface area contributed by atoms with Crippen LogP contribution in [0.5, 0.6) is 0 Å². The topological polar surface area (TPSA) is 29.5 Å². The van der Waals surface area contributed by atoms with E-state index in [4.69, 9.17) is 4.74 Å². The van der Waals surface area contributed by atoms with Crippen LogP contribution in [0.15, 0.2) is 0 Å². The highest BCUT2D eigenvalue weighted by molar-refractivity contribution is 5.75. The highest BCUT2D eigenvalue weighted by Gasteiger charge is 2.33. The van der Waals surface area contributed by atoms with E-state index < -0.39 is 0 Å². The van der Waals surface area contributed by atoms with Gasteiger partial charge in [-0.1, -0.05) is 27.2 Å². The predicted molar refractivity (Wildman–Crippen MR) is 69.9 cm³/mol. The fourth-order valence-corrected chi connectivity index (χ4v) is 2.70. The minimum Gasteiger partial charge on any atom is -0.465 e. The van der Waals surface area contributed by atoms with Crippen molar-refractivity contribution >= 4 is 5.97 Å². The average molecular weight is 241 g/mol. The van der Waals surface area contributed by atoms with Crippen molar-refractivity contribution in [1.29, 1.82) is 0 Å². The van der Waals surface area contributed by atoms with Gasteiger partial charge in [-0.3, -0.25) is 9.69 Å². The van der Waals surface area contributed by atoms with Crippen molar-refractivity contribution in [3.05, 3.63) is 0 Å². The lowest BCUT2D eigenvalue weighted by Gasteiger charge is -2.41. The van der Waals surface area contributed by atoms with Crippen LogP contribution in [0.25, 0.3) is 0 Å². The largest absolute Gasteiger partial charge is 0.465 e. The molecule has 1 aliphatic rings. The Morgan fingerprint density at radius 3 is 2.65 bits per heavy atom. The Labute approximate surface area is 106 Å². The maximum absolute atomic E-state index is 12.0. The number of hydrogen-bond donors (Lipinski definition) is 0. The smallest absolute Gasteiger partial charge is 0.323 e. The van der Waals surface area contributed by atoms with Crippen molar-refractivity contribution < 1.29 is 9.53 Å². The van der Waals surface area contributed by atoms with Crippen LogP contribution < -0.4 is 0 Å². The summed E-state index contributed by atoms with van der Waals surface area (Å²) in [5.74, 6) is -0.0351. The summed E-state index contributed by atoms with van der Waals surface area (Å²) in [6.07, 6.45) is 4.38. The van der Waals surface area contributed by atoms with Gasteiger partial charge in [0.05, 0.1) is 6.61 Å². The van der Waals surface area contributed by atoms with Crippen LogP contribution in [0.2, 0.25) is 0 Å². The zero-order valence-corrected chi connectivity index (χ0v) is 11.8. The molecule has 1 aliphatic heterocycles. The fraction of sp³-hybridized carbons (Fsp3) is 0.929. The van der Waals surface area contributed by atoms with Crippen molar-refractivity contribution in [2.24, 2.45) is 5.41 Å². The summed E-state index contributed by atoms with van der Waals surface area (Å²) < 4.78 is 5.20. The highest BCUT2D eigenvalue weighted by atomic mass is 16.5. The summed E-state index contributed by atoms with van der Waals surface area (Å²) in [6, 6.07) is -0.0282. The molecule has 0 bridgehead atoms. The second-order valence-corrected chi connectivity index (χ2v) is 5.79. The molecule has 0 amide bonds. The summed E-state index contributed by atoms with van der Waals surface area (Å²) in [7, 11) is 0. The van der Waals surface area contributed by atoms with Crippen molar-refractivity contribution in [2.45, 2.75) is 59.4 Å². The molecule has 3 nitrogen and oxygen atoms in total. The minimum absolute atomic E-state index is 0.0282. The molecule has 1 saturated heterocycles. The molecule has 17 heavy (non-hydrogen) atoms. The molecule has 0 radical (unpaired) electrons. The monoisotopic (exact) mass is 241 g/mol. The van der Waals surface area contributed by atoms with E-state index in [1.54, 1.807) is 0 Å². The Hall–Kier alpha value is -0.570. The number of hydrogen-bond acceptors (Lipinski definition) is 3. The van der Waals surface area contributed by atoms with E-state index in [9.17, 15) is 4.79 Å². The van der Waals surface area contributed by atoms with Crippen LogP contribution in [-0.4, -0.2) is 36.6 Å². The van der Waals surface area contributed by atoms with Crippen molar-refractivity contribution in [3.8, 4) is 0 Å². The van der Waals surface area contributed by atoms with Crippen LogP contribution in [0.3, 0.4) is 0 Å². The SMILES string of the molecule is CCCC(C(=O)OCC)N1CCCC(C)(C)C1. The quantitative estimate of drug-likeness (QED) is 0.693. The third kappa shape index (κ3) is 4.30. The van der Waals surface area contributed by atoms with E-state index in [1.807, 2.05) is 6.92 Å². The van der Waals surface area contributed by atoms with Gasteiger partial charge in [0.15, 0.2) is 0 Å². The van der Waals surface area contributed by atoms with E-state index in [2.05, 4.69) is 25.7 Å². The van der Waals surface area contributed by atoms with E-state index in [1.165, 1.54) is 12.8 Å². The van der Waals surface area contributed by atoms with Gasteiger partial charge in [-0.25, -0.2) is 0 Å². The van der Waals surface area contributed by atoms with Gasteiger partial charge < -0.3 is 4.74 Å². The molecule has 0 aromatic heterocycles. The van der Waals surface area contributed by atoms with Gasteiger partial charge in [-0.15, -0.1) is 0 Å². The Kier molecular flexibility index (Phi) is 5.44. The molecule has 1 unspecified atom stereocenters. The van der Waals surface area contributed by atoms with Crippen molar-refractivity contribution in [2.75, 3.05) is 19.7 Å². The Balaban J connectivity index is 2.65. The van der Waals surface area contributed by atoms with Gasteiger partial charge in [0, 0.05) is 6.54 Å². The van der Waals surface area contributed by atoms with E-state index in [-0.39, 0.29) is 12.0 Å². The maximum Gasteiger partial charge on any atom is 0.323 e. The number of esters is 1. The molecule has 1 fully saturated rings. The second kappa shape index (κ2) is 6.39. The first-order valence-electron chi connectivity index (χ1n) is 6.91.